The van der Waals surface area contributed by atoms with Crippen molar-refractivity contribution in [3.8, 4) is 0 Å². The largest absolute Gasteiger partial charge is 0.338 e. The third kappa shape index (κ3) is 2.74. The van der Waals surface area contributed by atoms with E-state index in [4.69, 9.17) is 0 Å². The van der Waals surface area contributed by atoms with Crippen LogP contribution in [0.2, 0.25) is 0 Å². The highest BCUT2D eigenvalue weighted by Crippen LogP contribution is 2.28. The fraction of sp³-hybridized carbons (Fsp3) is 0.238. The number of carbonyl (C=O) groups excluding carboxylic acids is 1. The molecule has 126 valence electrons. The van der Waals surface area contributed by atoms with Gasteiger partial charge < -0.3 is 9.47 Å². The van der Waals surface area contributed by atoms with Crippen molar-refractivity contribution in [2.24, 2.45) is 7.05 Å². The number of aryl methyl sites for hydroxylation is 1. The SMILES string of the molecule is Cn1cc(C(=O)N2CC[C@H](c3ccccc3)C2)c2ccccc2c1=O. The first kappa shape index (κ1) is 15.6. The Bertz CT molecular complexity index is 992. The Morgan fingerprint density at radius 1 is 1.00 bits per heavy atom. The molecule has 3 aromatic rings. The summed E-state index contributed by atoms with van der Waals surface area (Å²) < 4.78 is 1.50. The zero-order valence-electron chi connectivity index (χ0n) is 14.2. The van der Waals surface area contributed by atoms with Crippen LogP contribution in [0.3, 0.4) is 0 Å². The van der Waals surface area contributed by atoms with Gasteiger partial charge in [-0.05, 0) is 18.1 Å². The molecule has 4 rings (SSSR count). The lowest BCUT2D eigenvalue weighted by Gasteiger charge is -2.18. The lowest BCUT2D eigenvalue weighted by Crippen LogP contribution is -2.30. The Kier molecular flexibility index (Phi) is 3.88. The molecule has 4 nitrogen and oxygen atoms in total. The lowest BCUT2D eigenvalue weighted by molar-refractivity contribution is 0.0792. The van der Waals surface area contributed by atoms with Crippen molar-refractivity contribution >= 4 is 16.7 Å². The van der Waals surface area contributed by atoms with E-state index >= 15 is 0 Å². The van der Waals surface area contributed by atoms with E-state index in [0.717, 1.165) is 24.9 Å². The van der Waals surface area contributed by atoms with Crippen LogP contribution in [0.4, 0.5) is 0 Å². The molecule has 1 saturated heterocycles. The van der Waals surface area contributed by atoms with Crippen molar-refractivity contribution in [3.05, 3.63) is 82.3 Å². The van der Waals surface area contributed by atoms with E-state index in [9.17, 15) is 9.59 Å². The maximum atomic E-state index is 13.1. The number of rotatable bonds is 2. The van der Waals surface area contributed by atoms with Crippen molar-refractivity contribution in [3.63, 3.8) is 0 Å². The molecule has 2 heterocycles. The molecule has 0 unspecified atom stereocenters. The van der Waals surface area contributed by atoms with Crippen LogP contribution in [-0.4, -0.2) is 28.5 Å². The average molecular weight is 332 g/mol. The van der Waals surface area contributed by atoms with Crippen LogP contribution in [0, 0.1) is 0 Å². The van der Waals surface area contributed by atoms with Crippen molar-refractivity contribution in [2.75, 3.05) is 13.1 Å². The Morgan fingerprint density at radius 3 is 2.44 bits per heavy atom. The predicted molar refractivity (Wildman–Crippen MR) is 98.9 cm³/mol. The quantitative estimate of drug-likeness (QED) is 0.723. The molecule has 4 heteroatoms. The first-order valence-electron chi connectivity index (χ1n) is 8.58. The number of hydrogen-bond donors (Lipinski definition) is 0. The normalized spacial score (nSPS) is 17.2. The molecule has 1 aliphatic heterocycles. The number of fused-ring (bicyclic) bond motifs is 1. The maximum absolute atomic E-state index is 13.1. The van der Waals surface area contributed by atoms with Gasteiger partial charge in [0.2, 0.25) is 0 Å². The van der Waals surface area contributed by atoms with E-state index in [1.54, 1.807) is 19.3 Å². The van der Waals surface area contributed by atoms with E-state index in [-0.39, 0.29) is 11.5 Å². The number of amides is 1. The summed E-state index contributed by atoms with van der Waals surface area (Å²) in [5.41, 5.74) is 1.81. The number of likely N-dealkylation sites (tertiary alicyclic amines) is 1. The molecule has 0 bridgehead atoms. The van der Waals surface area contributed by atoms with Crippen LogP contribution in [-0.2, 0) is 7.05 Å². The number of nitrogens with zero attached hydrogens (tertiary/aromatic N) is 2. The van der Waals surface area contributed by atoms with Gasteiger partial charge in [-0.1, -0.05) is 48.5 Å². The van der Waals surface area contributed by atoms with Gasteiger partial charge in [0.1, 0.15) is 0 Å². The summed E-state index contributed by atoms with van der Waals surface area (Å²) in [6.45, 7) is 1.47. The van der Waals surface area contributed by atoms with E-state index in [1.165, 1.54) is 10.1 Å². The van der Waals surface area contributed by atoms with E-state index < -0.39 is 0 Å². The van der Waals surface area contributed by atoms with E-state index in [0.29, 0.717) is 16.9 Å². The van der Waals surface area contributed by atoms with Gasteiger partial charge in [0.15, 0.2) is 0 Å². The molecule has 1 atom stereocenters. The average Bonchev–Trinajstić information content (AvgIpc) is 3.15. The summed E-state index contributed by atoms with van der Waals surface area (Å²) in [5, 5.41) is 1.33. The van der Waals surface area contributed by atoms with Crippen molar-refractivity contribution in [1.82, 2.24) is 9.47 Å². The zero-order chi connectivity index (χ0) is 17.4. The minimum Gasteiger partial charge on any atom is -0.338 e. The molecule has 1 fully saturated rings. The summed E-state index contributed by atoms with van der Waals surface area (Å²) >= 11 is 0. The van der Waals surface area contributed by atoms with Crippen molar-refractivity contribution in [1.29, 1.82) is 0 Å². The number of carbonyl (C=O) groups is 1. The highest BCUT2D eigenvalue weighted by atomic mass is 16.2. The van der Waals surface area contributed by atoms with Crippen LogP contribution in [0.25, 0.3) is 10.8 Å². The van der Waals surface area contributed by atoms with Crippen LogP contribution in [0.5, 0.6) is 0 Å². The highest BCUT2D eigenvalue weighted by Gasteiger charge is 2.29. The predicted octanol–water partition coefficient (Wildman–Crippen LogP) is 3.17. The van der Waals surface area contributed by atoms with E-state index in [2.05, 4.69) is 12.1 Å². The molecule has 0 radical (unpaired) electrons. The van der Waals surface area contributed by atoms with E-state index in [1.807, 2.05) is 41.3 Å². The third-order valence-corrected chi connectivity index (χ3v) is 5.07. The van der Waals surface area contributed by atoms with Gasteiger partial charge in [0.25, 0.3) is 11.5 Å². The number of aromatic nitrogens is 1. The highest BCUT2D eigenvalue weighted by molar-refractivity contribution is 6.06. The fourth-order valence-electron chi connectivity index (χ4n) is 3.70. The Hall–Kier alpha value is -2.88. The minimum absolute atomic E-state index is 0.00484. The second-order valence-corrected chi connectivity index (χ2v) is 6.65. The standard InChI is InChI=1S/C21H20N2O2/c1-22-14-19(17-9-5-6-10-18(17)20(22)24)21(25)23-12-11-16(13-23)15-7-3-2-4-8-15/h2-10,14,16H,11-13H2,1H3/t16-/m0/s1. The summed E-state index contributed by atoms with van der Waals surface area (Å²) in [6.07, 6.45) is 2.64. The summed E-state index contributed by atoms with van der Waals surface area (Å²) in [6, 6.07) is 17.7. The van der Waals surface area contributed by atoms with Gasteiger partial charge in [0.05, 0.1) is 5.56 Å². The molecule has 1 aliphatic rings. The van der Waals surface area contributed by atoms with Crippen LogP contribution >= 0.6 is 0 Å². The third-order valence-electron chi connectivity index (χ3n) is 5.07. The molecule has 0 spiro atoms. The first-order chi connectivity index (χ1) is 12.1. The second kappa shape index (κ2) is 6.20. The number of benzene rings is 2. The van der Waals surface area contributed by atoms with Crippen molar-refractivity contribution < 1.29 is 4.79 Å². The molecule has 1 aromatic heterocycles. The molecule has 0 saturated carbocycles. The Balaban J connectivity index is 1.68. The van der Waals surface area contributed by atoms with Gasteiger partial charge in [-0.25, -0.2) is 0 Å². The fourth-order valence-corrected chi connectivity index (χ4v) is 3.70. The van der Waals surface area contributed by atoms with Gasteiger partial charge in [-0.2, -0.15) is 0 Å². The van der Waals surface area contributed by atoms with Gasteiger partial charge in [-0.15, -0.1) is 0 Å². The smallest absolute Gasteiger partial charge is 0.258 e. The monoisotopic (exact) mass is 332 g/mol. The van der Waals surface area contributed by atoms with Crippen molar-refractivity contribution in [2.45, 2.75) is 12.3 Å². The van der Waals surface area contributed by atoms with Crippen LogP contribution < -0.4 is 5.56 Å². The van der Waals surface area contributed by atoms with Crippen LogP contribution in [0.15, 0.2) is 65.6 Å². The Labute approximate surface area is 146 Å². The summed E-state index contributed by atoms with van der Waals surface area (Å²) in [5.74, 6) is 0.383. The number of hydrogen-bond acceptors (Lipinski definition) is 2. The molecule has 1 amide bonds. The van der Waals surface area contributed by atoms with Crippen LogP contribution in [0.1, 0.15) is 28.3 Å². The molecule has 0 N–H and O–H groups in total. The molecule has 0 aliphatic carbocycles. The minimum atomic E-state index is -0.0734. The van der Waals surface area contributed by atoms with Gasteiger partial charge in [-0.3, -0.25) is 9.59 Å². The molecular weight excluding hydrogens is 312 g/mol. The summed E-state index contributed by atoms with van der Waals surface area (Å²) in [4.78, 5) is 27.3. The molecule has 25 heavy (non-hydrogen) atoms. The maximum Gasteiger partial charge on any atom is 0.258 e. The number of pyridine rings is 1. The topological polar surface area (TPSA) is 42.3 Å². The Morgan fingerprint density at radius 2 is 1.68 bits per heavy atom. The molecule has 2 aromatic carbocycles. The molecular formula is C21H20N2O2. The lowest BCUT2D eigenvalue weighted by atomic mass is 9.99. The first-order valence-corrected chi connectivity index (χ1v) is 8.58. The second-order valence-electron chi connectivity index (χ2n) is 6.65. The summed E-state index contributed by atoms with van der Waals surface area (Å²) in [7, 11) is 1.70. The van der Waals surface area contributed by atoms with Gasteiger partial charge >= 0.3 is 0 Å². The zero-order valence-corrected chi connectivity index (χ0v) is 14.2. The van der Waals surface area contributed by atoms with Gasteiger partial charge in [0, 0.05) is 43.0 Å².